The molecule has 4 rings (SSSR count). The maximum Gasteiger partial charge on any atom is 0.333 e. The lowest BCUT2D eigenvalue weighted by molar-refractivity contribution is -0.153. The molecule has 206 valence electrons. The Balaban J connectivity index is 1.35. The van der Waals surface area contributed by atoms with Crippen molar-refractivity contribution in [2.45, 2.75) is 92.1 Å². The van der Waals surface area contributed by atoms with Crippen LogP contribution in [0.4, 0.5) is 0 Å². The molecule has 0 spiro atoms. The number of hydrogen-bond acceptors (Lipinski definition) is 6. The highest BCUT2D eigenvalue weighted by Gasteiger charge is 2.59. The monoisotopic (exact) mass is 516 g/mol. The van der Waals surface area contributed by atoms with Crippen LogP contribution in [-0.4, -0.2) is 52.8 Å². The van der Waals surface area contributed by atoms with Crippen molar-refractivity contribution in [3.05, 3.63) is 11.6 Å². The minimum absolute atomic E-state index is 0.0113. The van der Waals surface area contributed by atoms with Crippen molar-refractivity contribution in [2.24, 2.45) is 45.1 Å². The summed E-state index contributed by atoms with van der Waals surface area (Å²) in [7, 11) is 0. The maximum atomic E-state index is 12.4. The topological polar surface area (TPSA) is 125 Å². The molecule has 8 nitrogen and oxygen atoms in total. The summed E-state index contributed by atoms with van der Waals surface area (Å²) in [5, 5.41) is 25.6. The zero-order chi connectivity index (χ0) is 27.2. The molecule has 0 aromatic carbocycles. The summed E-state index contributed by atoms with van der Waals surface area (Å²) in [5.74, 6) is 0.864. The van der Waals surface area contributed by atoms with Gasteiger partial charge in [0.1, 0.15) is 5.78 Å². The normalized spacial score (nSPS) is 37.0. The number of rotatable bonds is 8. The van der Waals surface area contributed by atoms with Crippen LogP contribution in [0.25, 0.3) is 0 Å². The van der Waals surface area contributed by atoms with Crippen LogP contribution >= 0.6 is 0 Å². The van der Waals surface area contributed by atoms with E-state index in [9.17, 15) is 19.5 Å². The third kappa shape index (κ3) is 5.10. The minimum Gasteiger partial charge on any atom is -0.479 e. The zero-order valence-electron chi connectivity index (χ0n) is 23.0. The Kier molecular flexibility index (Phi) is 7.63. The number of hydrogen-bond donors (Lipinski definition) is 3. The van der Waals surface area contributed by atoms with Gasteiger partial charge in [-0.3, -0.25) is 9.59 Å². The molecule has 37 heavy (non-hydrogen) atoms. The first kappa shape index (κ1) is 27.8. The average molecular weight is 517 g/mol. The van der Waals surface area contributed by atoms with Crippen molar-refractivity contribution in [3.8, 4) is 0 Å². The van der Waals surface area contributed by atoms with E-state index in [1.54, 1.807) is 20.8 Å². The fourth-order valence-corrected chi connectivity index (χ4v) is 8.29. The molecule has 0 aliphatic heterocycles. The number of amides is 1. The van der Waals surface area contributed by atoms with Crippen LogP contribution in [0.3, 0.4) is 0 Å². The van der Waals surface area contributed by atoms with Gasteiger partial charge in [0, 0.05) is 17.9 Å². The van der Waals surface area contributed by atoms with Gasteiger partial charge in [-0.1, -0.05) is 38.4 Å². The molecule has 3 N–H and O–H groups in total. The van der Waals surface area contributed by atoms with E-state index >= 15 is 0 Å². The molecular weight excluding hydrogens is 472 g/mol. The number of oxime groups is 1. The number of nitrogens with zero attached hydrogens (tertiary/aromatic N) is 1. The Morgan fingerprint density at radius 2 is 1.86 bits per heavy atom. The van der Waals surface area contributed by atoms with E-state index in [2.05, 4.69) is 30.4 Å². The van der Waals surface area contributed by atoms with Crippen molar-refractivity contribution < 1.29 is 29.4 Å². The summed E-state index contributed by atoms with van der Waals surface area (Å²) in [5.41, 5.74) is 1.62. The molecule has 0 radical (unpaired) electrons. The molecule has 0 bridgehead atoms. The number of carbonyl (C=O) groups excluding carboxylic acids is 2. The molecule has 3 saturated carbocycles. The first-order valence-electron chi connectivity index (χ1n) is 13.9. The van der Waals surface area contributed by atoms with Gasteiger partial charge in [0.05, 0.1) is 5.71 Å². The van der Waals surface area contributed by atoms with E-state index < -0.39 is 23.4 Å². The highest BCUT2D eigenvalue weighted by molar-refractivity contribution is 5.96. The number of ketones is 1. The second-order valence-corrected chi connectivity index (χ2v) is 13.1. The number of carbonyl (C=O) groups is 3. The van der Waals surface area contributed by atoms with Gasteiger partial charge < -0.3 is 20.4 Å². The smallest absolute Gasteiger partial charge is 0.333 e. The molecule has 3 fully saturated rings. The van der Waals surface area contributed by atoms with E-state index in [1.165, 1.54) is 24.8 Å². The third-order valence-electron chi connectivity index (χ3n) is 10.6. The van der Waals surface area contributed by atoms with E-state index in [1.807, 2.05) is 0 Å². The molecule has 0 saturated heterocycles. The Morgan fingerprint density at radius 1 is 1.14 bits per heavy atom. The average Bonchev–Trinajstić information content (AvgIpc) is 3.20. The lowest BCUT2D eigenvalue weighted by Gasteiger charge is -2.58. The Hall–Kier alpha value is -2.22. The van der Waals surface area contributed by atoms with Crippen LogP contribution in [0, 0.1) is 39.9 Å². The van der Waals surface area contributed by atoms with Crippen LogP contribution < -0.4 is 5.32 Å². The molecule has 1 amide bonds. The van der Waals surface area contributed by atoms with E-state index in [0.29, 0.717) is 23.5 Å². The van der Waals surface area contributed by atoms with Gasteiger partial charge in [0.15, 0.2) is 12.7 Å². The Bertz CT molecular complexity index is 1000. The molecule has 0 heterocycles. The summed E-state index contributed by atoms with van der Waals surface area (Å²) in [6.07, 6.45) is 9.23. The summed E-state index contributed by atoms with van der Waals surface area (Å²) >= 11 is 0. The van der Waals surface area contributed by atoms with E-state index in [4.69, 9.17) is 9.94 Å². The number of carboxylic acids is 1. The molecule has 7 atom stereocenters. The second-order valence-electron chi connectivity index (χ2n) is 13.1. The van der Waals surface area contributed by atoms with Gasteiger partial charge in [-0.05, 0) is 93.0 Å². The van der Waals surface area contributed by atoms with E-state index in [-0.39, 0.29) is 29.9 Å². The lowest BCUT2D eigenvalue weighted by Crippen LogP contribution is -2.51. The Morgan fingerprint density at radius 3 is 2.54 bits per heavy atom. The lowest BCUT2D eigenvalue weighted by atomic mass is 9.46. The van der Waals surface area contributed by atoms with Crippen LogP contribution in [0.2, 0.25) is 0 Å². The van der Waals surface area contributed by atoms with Crippen molar-refractivity contribution in [1.82, 2.24) is 5.32 Å². The zero-order valence-corrected chi connectivity index (χ0v) is 23.0. The number of aliphatic carboxylic acids is 1. The fourth-order valence-electron chi connectivity index (χ4n) is 8.29. The summed E-state index contributed by atoms with van der Waals surface area (Å²) in [4.78, 5) is 40.9. The van der Waals surface area contributed by atoms with Crippen molar-refractivity contribution in [3.63, 3.8) is 0 Å². The number of nitrogens with one attached hydrogen (secondary N) is 1. The maximum absolute atomic E-state index is 12.4. The molecule has 0 aromatic heterocycles. The molecule has 0 unspecified atom stereocenters. The SMILES string of the molecule is CC(=O)[C@@H]1CC[C@@H]2[C@H]3CCC4=C/C(=N/OCC(=O)NCC(C)(C)[C@@H](O)C(=O)O)CC[C@]4(C)[C@@H]3CC[C@]21C. The van der Waals surface area contributed by atoms with Gasteiger partial charge in [-0.2, -0.15) is 0 Å². The first-order chi connectivity index (χ1) is 17.3. The Labute approximate surface area is 220 Å². The first-order valence-corrected chi connectivity index (χ1v) is 13.9. The van der Waals surface area contributed by atoms with Gasteiger partial charge in [0.25, 0.3) is 5.91 Å². The molecule has 4 aliphatic carbocycles. The third-order valence-corrected chi connectivity index (χ3v) is 10.6. The van der Waals surface area contributed by atoms with Crippen LogP contribution in [0.15, 0.2) is 16.8 Å². The van der Waals surface area contributed by atoms with Gasteiger partial charge in [-0.25, -0.2) is 4.79 Å². The van der Waals surface area contributed by atoms with Crippen LogP contribution in [-0.2, 0) is 19.2 Å². The largest absolute Gasteiger partial charge is 0.479 e. The molecule has 4 aliphatic rings. The standard InChI is InChI=1S/C29H44N2O6/c1-17(32)21-8-9-22-20-7-6-18-14-19(10-12-28(18,4)23(20)11-13-29(21,22)5)31-37-15-24(33)30-16-27(2,3)25(34)26(35)36/h14,20-23,25,34H,6-13,15-16H2,1-5H3,(H,30,33)(H,35,36)/b31-19+/t20-,21+,22-,23-,25+,28+,29+/m1/s1. The number of fused-ring (bicyclic) bond motifs is 5. The van der Waals surface area contributed by atoms with Crippen LogP contribution in [0.5, 0.6) is 0 Å². The number of aliphatic hydroxyl groups excluding tert-OH is 1. The summed E-state index contributed by atoms with van der Waals surface area (Å²) < 4.78 is 0. The predicted molar refractivity (Wildman–Crippen MR) is 140 cm³/mol. The molecule has 0 aromatic rings. The predicted octanol–water partition coefficient (Wildman–Crippen LogP) is 4.11. The minimum atomic E-state index is -1.57. The van der Waals surface area contributed by atoms with Crippen molar-refractivity contribution in [1.29, 1.82) is 0 Å². The molecule has 8 heteroatoms. The van der Waals surface area contributed by atoms with Gasteiger partial charge in [-0.15, -0.1) is 0 Å². The van der Waals surface area contributed by atoms with Gasteiger partial charge in [0.2, 0.25) is 0 Å². The van der Waals surface area contributed by atoms with E-state index in [0.717, 1.165) is 37.8 Å². The number of aliphatic hydroxyl groups is 1. The number of Topliss-reactive ketones (excluding diaryl/α,β-unsaturated/α-hetero) is 1. The quantitative estimate of drug-likeness (QED) is 0.417. The van der Waals surface area contributed by atoms with Crippen LogP contribution in [0.1, 0.15) is 86.0 Å². The molecular formula is C29H44N2O6. The highest BCUT2D eigenvalue weighted by Crippen LogP contribution is 2.66. The van der Waals surface area contributed by atoms with Gasteiger partial charge >= 0.3 is 5.97 Å². The van der Waals surface area contributed by atoms with Crippen molar-refractivity contribution in [2.75, 3.05) is 13.2 Å². The van der Waals surface area contributed by atoms with Crippen molar-refractivity contribution >= 4 is 23.4 Å². The number of carboxylic acid groups (broad SMARTS) is 1. The summed E-state index contributed by atoms with van der Waals surface area (Å²) in [6.45, 7) is 9.50. The second kappa shape index (κ2) is 10.2. The number of allylic oxidation sites excluding steroid dienone is 2. The highest BCUT2D eigenvalue weighted by atomic mass is 16.6. The fraction of sp³-hybridized carbons (Fsp3) is 0.793. The summed E-state index contributed by atoms with van der Waals surface area (Å²) in [6, 6.07) is 0.